The van der Waals surface area contributed by atoms with E-state index >= 15 is 0 Å². The van der Waals surface area contributed by atoms with Gasteiger partial charge < -0.3 is 10.4 Å². The number of carbonyl (C=O) groups is 2. The average Bonchev–Trinajstić information content (AvgIpc) is 3.00. The number of amides is 1. The molecule has 8 heteroatoms. The van der Waals surface area contributed by atoms with Gasteiger partial charge in [0.15, 0.2) is 0 Å². The number of rotatable bonds is 5. The molecule has 0 saturated heterocycles. The molecule has 2 rings (SSSR count). The lowest BCUT2D eigenvalue weighted by Gasteiger charge is -2.12. The van der Waals surface area contributed by atoms with E-state index in [1.807, 2.05) is 0 Å². The summed E-state index contributed by atoms with van der Waals surface area (Å²) in [5.41, 5.74) is 0.124. The van der Waals surface area contributed by atoms with Gasteiger partial charge in [0.2, 0.25) is 0 Å². The molecule has 1 unspecified atom stereocenters. The number of aliphatic carboxylic acids is 1. The molecule has 96 valence electrons. The van der Waals surface area contributed by atoms with Crippen molar-refractivity contribution in [1.82, 2.24) is 5.32 Å². The van der Waals surface area contributed by atoms with Crippen LogP contribution in [0.3, 0.4) is 0 Å². The van der Waals surface area contributed by atoms with Crippen LogP contribution in [0.2, 0.25) is 0 Å². The summed E-state index contributed by atoms with van der Waals surface area (Å²) in [5.74, 6) is -1.69. The molecule has 0 spiro atoms. The van der Waals surface area contributed by atoms with Crippen molar-refractivity contribution in [2.45, 2.75) is 18.9 Å². The van der Waals surface area contributed by atoms with Crippen molar-refractivity contribution in [3.8, 4) is 0 Å². The summed E-state index contributed by atoms with van der Waals surface area (Å²) < 4.78 is 0. The number of carboxylic acid groups (broad SMARTS) is 1. The van der Waals surface area contributed by atoms with Crippen molar-refractivity contribution in [1.29, 1.82) is 0 Å². The zero-order valence-corrected chi connectivity index (χ0v) is 9.98. The molecule has 0 aliphatic heterocycles. The molecule has 2 N–H and O–H groups in total. The number of carboxylic acids is 1. The molecule has 0 bridgehead atoms. The molecule has 0 aromatic carbocycles. The van der Waals surface area contributed by atoms with E-state index in [9.17, 15) is 19.7 Å². The van der Waals surface area contributed by atoms with Crippen molar-refractivity contribution >= 4 is 28.2 Å². The Labute approximate surface area is 106 Å². The minimum atomic E-state index is -1.07. The molecule has 1 amide bonds. The highest BCUT2D eigenvalue weighted by atomic mass is 32.1. The minimum Gasteiger partial charge on any atom is -0.480 e. The first-order valence-corrected chi connectivity index (χ1v) is 6.13. The number of hydrogen-bond donors (Lipinski definition) is 2. The number of carbonyl (C=O) groups excluding carboxylic acids is 1. The fourth-order valence-corrected chi connectivity index (χ4v) is 2.28. The third kappa shape index (κ3) is 2.65. The smallest absolute Gasteiger partial charge is 0.326 e. The van der Waals surface area contributed by atoms with Crippen LogP contribution < -0.4 is 5.32 Å². The maximum Gasteiger partial charge on any atom is 0.326 e. The summed E-state index contributed by atoms with van der Waals surface area (Å²) in [6, 6.07) is 0.239. The van der Waals surface area contributed by atoms with Gasteiger partial charge in [-0.25, -0.2) is 4.79 Å². The predicted octanol–water partition coefficient (Wildman–Crippen LogP) is 1.25. The molecule has 1 saturated carbocycles. The van der Waals surface area contributed by atoms with E-state index in [0.717, 1.165) is 30.2 Å². The number of thiophene rings is 1. The summed E-state index contributed by atoms with van der Waals surface area (Å²) in [7, 11) is 0. The Kier molecular flexibility index (Phi) is 3.28. The molecule has 1 fully saturated rings. The first kappa shape index (κ1) is 12.5. The second-order valence-electron chi connectivity index (χ2n) is 4.06. The van der Waals surface area contributed by atoms with Gasteiger partial charge in [0.1, 0.15) is 6.04 Å². The van der Waals surface area contributed by atoms with Gasteiger partial charge in [-0.1, -0.05) is 11.3 Å². The van der Waals surface area contributed by atoms with Gasteiger partial charge in [-0.2, -0.15) is 0 Å². The summed E-state index contributed by atoms with van der Waals surface area (Å²) >= 11 is 0.838. The van der Waals surface area contributed by atoms with E-state index in [0.29, 0.717) is 0 Å². The summed E-state index contributed by atoms with van der Waals surface area (Å²) in [4.78, 5) is 32.6. The Hall–Kier alpha value is -1.96. The first-order valence-electron chi connectivity index (χ1n) is 5.25. The van der Waals surface area contributed by atoms with E-state index < -0.39 is 22.8 Å². The van der Waals surface area contributed by atoms with E-state index in [4.69, 9.17) is 5.11 Å². The van der Waals surface area contributed by atoms with Gasteiger partial charge in [0.05, 0.1) is 10.5 Å². The van der Waals surface area contributed by atoms with Crippen molar-refractivity contribution in [2.24, 2.45) is 5.92 Å². The van der Waals surface area contributed by atoms with E-state index in [2.05, 4.69) is 5.32 Å². The van der Waals surface area contributed by atoms with Gasteiger partial charge in [-0.15, -0.1) is 0 Å². The summed E-state index contributed by atoms with van der Waals surface area (Å²) in [6.07, 6.45) is 1.56. The van der Waals surface area contributed by atoms with Crippen LogP contribution in [0.5, 0.6) is 0 Å². The molecular weight excluding hydrogens is 260 g/mol. The standard InChI is InChI=1S/C10H10N2O5S/c13-9(6-3-7(12(16)17)18-4-6)11-8(10(14)15)5-1-2-5/h3-5,8H,1-2H2,(H,11,13)(H,14,15). The summed E-state index contributed by atoms with van der Waals surface area (Å²) in [6.45, 7) is 0. The van der Waals surface area contributed by atoms with Crippen LogP contribution in [0.15, 0.2) is 11.4 Å². The number of nitrogens with zero attached hydrogens (tertiary/aromatic N) is 1. The number of nitrogens with one attached hydrogen (secondary N) is 1. The SMILES string of the molecule is O=C(NC(C(=O)O)C1CC1)c1csc([N+](=O)[O-])c1. The predicted molar refractivity (Wildman–Crippen MR) is 62.6 cm³/mol. The van der Waals surface area contributed by atoms with Crippen molar-refractivity contribution < 1.29 is 19.6 Å². The maximum absolute atomic E-state index is 11.7. The molecule has 1 aliphatic rings. The number of hydrogen-bond acceptors (Lipinski definition) is 5. The third-order valence-electron chi connectivity index (χ3n) is 2.67. The summed E-state index contributed by atoms with van der Waals surface area (Å²) in [5, 5.41) is 23.0. The molecule has 1 heterocycles. The van der Waals surface area contributed by atoms with Gasteiger partial charge in [0, 0.05) is 11.4 Å². The monoisotopic (exact) mass is 270 g/mol. The van der Waals surface area contributed by atoms with Crippen molar-refractivity contribution in [2.75, 3.05) is 0 Å². The van der Waals surface area contributed by atoms with Crippen LogP contribution in [0.1, 0.15) is 23.2 Å². The zero-order valence-electron chi connectivity index (χ0n) is 9.16. The van der Waals surface area contributed by atoms with Crippen LogP contribution in [0.4, 0.5) is 5.00 Å². The normalized spacial score (nSPS) is 16.0. The van der Waals surface area contributed by atoms with Crippen molar-refractivity contribution in [3.05, 3.63) is 27.1 Å². The fraction of sp³-hybridized carbons (Fsp3) is 0.400. The van der Waals surface area contributed by atoms with Crippen molar-refractivity contribution in [3.63, 3.8) is 0 Å². The van der Waals surface area contributed by atoms with Crippen LogP contribution in [0, 0.1) is 16.0 Å². The Morgan fingerprint density at radius 1 is 1.56 bits per heavy atom. The van der Waals surface area contributed by atoms with E-state index in [1.54, 1.807) is 0 Å². The molecule has 1 aliphatic carbocycles. The Morgan fingerprint density at radius 3 is 2.67 bits per heavy atom. The highest BCUT2D eigenvalue weighted by Crippen LogP contribution is 2.33. The van der Waals surface area contributed by atoms with Gasteiger partial charge in [-0.3, -0.25) is 14.9 Å². The lowest BCUT2D eigenvalue weighted by molar-refractivity contribution is -0.380. The second kappa shape index (κ2) is 4.73. The van der Waals surface area contributed by atoms with Gasteiger partial charge >= 0.3 is 11.0 Å². The average molecular weight is 270 g/mol. The van der Waals surface area contributed by atoms with Crippen LogP contribution in [-0.2, 0) is 4.79 Å². The molecular formula is C10H10N2O5S. The third-order valence-corrected chi connectivity index (χ3v) is 3.55. The van der Waals surface area contributed by atoms with Crippen LogP contribution >= 0.6 is 11.3 Å². The molecule has 7 nitrogen and oxygen atoms in total. The molecule has 18 heavy (non-hydrogen) atoms. The second-order valence-corrected chi connectivity index (χ2v) is 4.95. The van der Waals surface area contributed by atoms with Gasteiger partial charge in [-0.05, 0) is 18.8 Å². The van der Waals surface area contributed by atoms with Gasteiger partial charge in [0.25, 0.3) is 5.91 Å². The van der Waals surface area contributed by atoms with Crippen LogP contribution in [0.25, 0.3) is 0 Å². The Bertz CT molecular complexity index is 508. The zero-order chi connectivity index (χ0) is 13.3. The molecule has 1 atom stereocenters. The van der Waals surface area contributed by atoms with E-state index in [1.165, 1.54) is 5.38 Å². The largest absolute Gasteiger partial charge is 0.480 e. The first-order chi connectivity index (χ1) is 8.49. The highest BCUT2D eigenvalue weighted by molar-refractivity contribution is 7.13. The highest BCUT2D eigenvalue weighted by Gasteiger charge is 2.37. The topological polar surface area (TPSA) is 110 Å². The number of nitro groups is 1. The molecule has 1 aromatic rings. The van der Waals surface area contributed by atoms with Crippen LogP contribution in [-0.4, -0.2) is 27.9 Å². The maximum atomic E-state index is 11.7. The Morgan fingerprint density at radius 2 is 2.22 bits per heavy atom. The van der Waals surface area contributed by atoms with E-state index in [-0.39, 0.29) is 16.5 Å². The molecule has 1 aromatic heterocycles. The Balaban J connectivity index is 2.05. The fourth-order valence-electron chi connectivity index (χ4n) is 1.58. The lowest BCUT2D eigenvalue weighted by atomic mass is 10.1. The quantitative estimate of drug-likeness (QED) is 0.618. The lowest BCUT2D eigenvalue weighted by Crippen LogP contribution is -2.42. The molecule has 0 radical (unpaired) electrons. The minimum absolute atomic E-state index is 0.0277.